The highest BCUT2D eigenvalue weighted by Gasteiger charge is 2.23. The SMILES string of the molecule is CCC1CCCCC1OCCCCCC(=O)O. The van der Waals surface area contributed by atoms with Crippen molar-refractivity contribution in [1.29, 1.82) is 0 Å². The van der Waals surface area contributed by atoms with Crippen LogP contribution >= 0.6 is 0 Å². The van der Waals surface area contributed by atoms with Gasteiger partial charge >= 0.3 is 5.97 Å². The zero-order valence-corrected chi connectivity index (χ0v) is 11.0. The Hall–Kier alpha value is -0.570. The van der Waals surface area contributed by atoms with Gasteiger partial charge in [0.15, 0.2) is 0 Å². The molecule has 1 N–H and O–H groups in total. The average molecular weight is 242 g/mol. The third kappa shape index (κ3) is 6.06. The molecule has 0 aromatic carbocycles. The lowest BCUT2D eigenvalue weighted by Gasteiger charge is -2.30. The fourth-order valence-corrected chi connectivity index (χ4v) is 2.65. The maximum Gasteiger partial charge on any atom is 0.303 e. The quantitative estimate of drug-likeness (QED) is 0.661. The van der Waals surface area contributed by atoms with Gasteiger partial charge in [0.05, 0.1) is 6.10 Å². The van der Waals surface area contributed by atoms with Gasteiger partial charge in [-0.15, -0.1) is 0 Å². The van der Waals surface area contributed by atoms with E-state index in [1.165, 1.54) is 32.1 Å². The van der Waals surface area contributed by atoms with Crippen molar-refractivity contribution in [3.63, 3.8) is 0 Å². The van der Waals surface area contributed by atoms with Crippen LogP contribution in [0, 0.1) is 5.92 Å². The summed E-state index contributed by atoms with van der Waals surface area (Å²) < 4.78 is 5.95. The highest BCUT2D eigenvalue weighted by atomic mass is 16.5. The number of aliphatic carboxylic acids is 1. The first-order valence-corrected chi connectivity index (χ1v) is 7.07. The normalized spacial score (nSPS) is 24.8. The molecule has 0 heterocycles. The van der Waals surface area contributed by atoms with Crippen LogP contribution in [0.15, 0.2) is 0 Å². The number of carboxylic acids is 1. The van der Waals surface area contributed by atoms with Crippen LogP contribution in [0.1, 0.15) is 64.7 Å². The molecule has 0 radical (unpaired) electrons. The Balaban J connectivity index is 2.02. The van der Waals surface area contributed by atoms with Crippen LogP contribution in [0.25, 0.3) is 0 Å². The highest BCUT2D eigenvalue weighted by Crippen LogP contribution is 2.29. The molecule has 3 heteroatoms. The molecule has 0 spiro atoms. The van der Waals surface area contributed by atoms with Gasteiger partial charge in [-0.2, -0.15) is 0 Å². The van der Waals surface area contributed by atoms with Crippen LogP contribution in [0.4, 0.5) is 0 Å². The number of ether oxygens (including phenoxy) is 1. The molecule has 1 rings (SSSR count). The lowest BCUT2D eigenvalue weighted by molar-refractivity contribution is -0.137. The second kappa shape index (κ2) is 8.51. The molecule has 1 aliphatic rings. The summed E-state index contributed by atoms with van der Waals surface area (Å²) in [5.41, 5.74) is 0. The Morgan fingerprint density at radius 2 is 2.00 bits per heavy atom. The smallest absolute Gasteiger partial charge is 0.303 e. The van der Waals surface area contributed by atoms with Crippen molar-refractivity contribution < 1.29 is 14.6 Å². The van der Waals surface area contributed by atoms with Crippen LogP contribution in [0.5, 0.6) is 0 Å². The van der Waals surface area contributed by atoms with Gasteiger partial charge in [0.1, 0.15) is 0 Å². The molecule has 1 aliphatic carbocycles. The van der Waals surface area contributed by atoms with Gasteiger partial charge in [-0.3, -0.25) is 4.79 Å². The third-order valence-corrected chi connectivity index (χ3v) is 3.73. The van der Waals surface area contributed by atoms with E-state index in [9.17, 15) is 4.79 Å². The number of carboxylic acid groups (broad SMARTS) is 1. The fourth-order valence-electron chi connectivity index (χ4n) is 2.65. The van der Waals surface area contributed by atoms with Gasteiger partial charge in [0.2, 0.25) is 0 Å². The number of rotatable bonds is 8. The summed E-state index contributed by atoms with van der Waals surface area (Å²) in [5, 5.41) is 8.51. The van der Waals surface area contributed by atoms with E-state index < -0.39 is 5.97 Å². The van der Waals surface area contributed by atoms with Crippen molar-refractivity contribution in [1.82, 2.24) is 0 Å². The van der Waals surface area contributed by atoms with Crippen molar-refractivity contribution in [2.75, 3.05) is 6.61 Å². The zero-order valence-electron chi connectivity index (χ0n) is 11.0. The summed E-state index contributed by atoms with van der Waals surface area (Å²) in [6.45, 7) is 3.06. The highest BCUT2D eigenvalue weighted by molar-refractivity contribution is 5.66. The van der Waals surface area contributed by atoms with Gasteiger partial charge in [-0.05, 0) is 31.6 Å². The second-order valence-corrected chi connectivity index (χ2v) is 5.07. The van der Waals surface area contributed by atoms with Gasteiger partial charge in [0, 0.05) is 13.0 Å². The fraction of sp³-hybridized carbons (Fsp3) is 0.929. The first-order valence-electron chi connectivity index (χ1n) is 7.07. The minimum atomic E-state index is -0.691. The van der Waals surface area contributed by atoms with Crippen molar-refractivity contribution in [3.8, 4) is 0 Å². The molecule has 0 aliphatic heterocycles. The molecule has 1 fully saturated rings. The Bertz CT molecular complexity index is 216. The van der Waals surface area contributed by atoms with Crippen molar-refractivity contribution in [3.05, 3.63) is 0 Å². The summed E-state index contributed by atoms with van der Waals surface area (Å²) in [6, 6.07) is 0. The van der Waals surface area contributed by atoms with Gasteiger partial charge in [-0.25, -0.2) is 0 Å². The first kappa shape index (κ1) is 14.5. The summed E-state index contributed by atoms with van der Waals surface area (Å²) in [4.78, 5) is 10.3. The largest absolute Gasteiger partial charge is 0.481 e. The van der Waals surface area contributed by atoms with E-state index in [1.807, 2.05) is 0 Å². The zero-order chi connectivity index (χ0) is 12.5. The molecule has 2 atom stereocenters. The van der Waals surface area contributed by atoms with Crippen molar-refractivity contribution >= 4 is 5.97 Å². The Morgan fingerprint density at radius 1 is 1.24 bits per heavy atom. The van der Waals surface area contributed by atoms with Crippen LogP contribution in [0.2, 0.25) is 0 Å². The van der Waals surface area contributed by atoms with E-state index in [4.69, 9.17) is 9.84 Å². The molecular weight excluding hydrogens is 216 g/mol. The Labute approximate surface area is 105 Å². The predicted octanol–water partition coefficient (Wildman–Crippen LogP) is 3.62. The monoisotopic (exact) mass is 242 g/mol. The lowest BCUT2D eigenvalue weighted by atomic mass is 9.85. The maximum absolute atomic E-state index is 10.3. The molecule has 17 heavy (non-hydrogen) atoms. The van der Waals surface area contributed by atoms with Crippen LogP contribution < -0.4 is 0 Å². The average Bonchev–Trinajstić information content (AvgIpc) is 2.33. The van der Waals surface area contributed by atoms with E-state index in [-0.39, 0.29) is 0 Å². The molecule has 0 bridgehead atoms. The third-order valence-electron chi connectivity index (χ3n) is 3.73. The number of carbonyl (C=O) groups is 1. The van der Waals surface area contributed by atoms with Crippen molar-refractivity contribution in [2.45, 2.75) is 70.8 Å². The molecule has 1 saturated carbocycles. The summed E-state index contributed by atoms with van der Waals surface area (Å²) in [5.74, 6) is 0.0621. The number of hydrogen-bond donors (Lipinski definition) is 1. The molecule has 0 amide bonds. The van der Waals surface area contributed by atoms with Crippen LogP contribution in [0.3, 0.4) is 0 Å². The summed E-state index contributed by atoms with van der Waals surface area (Å²) in [6.07, 6.45) is 9.93. The van der Waals surface area contributed by atoms with Crippen LogP contribution in [-0.4, -0.2) is 23.8 Å². The second-order valence-electron chi connectivity index (χ2n) is 5.07. The molecule has 2 unspecified atom stereocenters. The number of hydrogen-bond acceptors (Lipinski definition) is 2. The molecule has 0 aromatic heterocycles. The first-order chi connectivity index (χ1) is 8.24. The van der Waals surface area contributed by atoms with E-state index in [2.05, 4.69) is 6.92 Å². The van der Waals surface area contributed by atoms with E-state index in [0.717, 1.165) is 31.8 Å². The maximum atomic E-state index is 10.3. The molecular formula is C14H26O3. The predicted molar refractivity (Wildman–Crippen MR) is 68.1 cm³/mol. The van der Waals surface area contributed by atoms with E-state index in [1.54, 1.807) is 0 Å². The lowest BCUT2D eigenvalue weighted by Crippen LogP contribution is -2.27. The minimum absolute atomic E-state index is 0.293. The molecule has 0 aromatic rings. The molecule has 100 valence electrons. The van der Waals surface area contributed by atoms with Crippen molar-refractivity contribution in [2.24, 2.45) is 5.92 Å². The molecule has 0 saturated heterocycles. The Kier molecular flexibility index (Phi) is 7.25. The number of unbranched alkanes of at least 4 members (excludes halogenated alkanes) is 2. The van der Waals surface area contributed by atoms with Gasteiger partial charge in [-0.1, -0.05) is 32.6 Å². The Morgan fingerprint density at radius 3 is 2.71 bits per heavy atom. The standard InChI is InChI=1S/C14H26O3/c1-2-12-8-5-6-9-13(12)17-11-7-3-4-10-14(15)16/h12-13H,2-11H2,1H3,(H,15,16). The summed E-state index contributed by atoms with van der Waals surface area (Å²) >= 11 is 0. The van der Waals surface area contributed by atoms with E-state index in [0.29, 0.717) is 12.5 Å². The van der Waals surface area contributed by atoms with Gasteiger partial charge < -0.3 is 9.84 Å². The van der Waals surface area contributed by atoms with Gasteiger partial charge in [0.25, 0.3) is 0 Å². The van der Waals surface area contributed by atoms with Crippen LogP contribution in [-0.2, 0) is 9.53 Å². The summed E-state index contributed by atoms with van der Waals surface area (Å²) in [7, 11) is 0. The topological polar surface area (TPSA) is 46.5 Å². The van der Waals surface area contributed by atoms with E-state index >= 15 is 0 Å². The minimum Gasteiger partial charge on any atom is -0.481 e. The molecule has 3 nitrogen and oxygen atoms in total.